The van der Waals surface area contributed by atoms with Gasteiger partial charge in [0.2, 0.25) is 0 Å². The van der Waals surface area contributed by atoms with E-state index in [9.17, 15) is 0 Å². The average Bonchev–Trinajstić information content (AvgIpc) is 2.98. The van der Waals surface area contributed by atoms with E-state index in [1.807, 2.05) is 0 Å². The van der Waals surface area contributed by atoms with E-state index in [2.05, 4.69) is 37.9 Å². The Morgan fingerprint density at radius 2 is 1.61 bits per heavy atom. The molecule has 2 nitrogen and oxygen atoms in total. The highest BCUT2D eigenvalue weighted by molar-refractivity contribution is 4.92. The van der Waals surface area contributed by atoms with Gasteiger partial charge in [-0.25, -0.2) is 0 Å². The fourth-order valence-corrected chi connectivity index (χ4v) is 3.40. The zero-order valence-corrected chi connectivity index (χ0v) is 12.8. The second-order valence-electron chi connectivity index (χ2n) is 7.33. The van der Waals surface area contributed by atoms with Crippen molar-refractivity contribution in [3.05, 3.63) is 0 Å². The van der Waals surface area contributed by atoms with Crippen LogP contribution < -0.4 is 5.32 Å². The van der Waals surface area contributed by atoms with E-state index in [4.69, 9.17) is 0 Å². The topological polar surface area (TPSA) is 15.3 Å². The van der Waals surface area contributed by atoms with Crippen molar-refractivity contribution >= 4 is 0 Å². The molecule has 18 heavy (non-hydrogen) atoms. The third-order valence-electron chi connectivity index (χ3n) is 4.27. The maximum Gasteiger partial charge on any atom is 0.0209 e. The summed E-state index contributed by atoms with van der Waals surface area (Å²) in [7, 11) is 0. The first-order valence-corrected chi connectivity index (χ1v) is 8.04. The molecular formula is C16H32N2. The van der Waals surface area contributed by atoms with Gasteiger partial charge in [0.05, 0.1) is 0 Å². The highest BCUT2D eigenvalue weighted by Gasteiger charge is 2.34. The third kappa shape index (κ3) is 4.55. The summed E-state index contributed by atoms with van der Waals surface area (Å²) in [5.41, 5.74) is 0. The first kappa shape index (κ1) is 14.3. The first-order chi connectivity index (χ1) is 8.54. The van der Waals surface area contributed by atoms with E-state index >= 15 is 0 Å². The summed E-state index contributed by atoms with van der Waals surface area (Å²) in [4.78, 5) is 2.71. The SMILES string of the molecule is CC(C)CC(CC(C)C)NC1CCN(C2CC2)C1. The molecule has 1 saturated carbocycles. The van der Waals surface area contributed by atoms with Crippen LogP contribution in [0.3, 0.4) is 0 Å². The Morgan fingerprint density at radius 1 is 1.00 bits per heavy atom. The summed E-state index contributed by atoms with van der Waals surface area (Å²) in [6.45, 7) is 12.0. The minimum atomic E-state index is 0.731. The fraction of sp³-hybridized carbons (Fsp3) is 1.00. The molecule has 0 spiro atoms. The van der Waals surface area contributed by atoms with Crippen LogP contribution in [0.1, 0.15) is 59.8 Å². The van der Waals surface area contributed by atoms with Crippen molar-refractivity contribution in [3.63, 3.8) is 0 Å². The largest absolute Gasteiger partial charge is 0.310 e. The molecule has 0 bridgehead atoms. The van der Waals surface area contributed by atoms with Gasteiger partial charge in [-0.3, -0.25) is 4.90 Å². The Hall–Kier alpha value is -0.0800. The summed E-state index contributed by atoms with van der Waals surface area (Å²) in [6, 6.07) is 2.44. The molecule has 1 atom stereocenters. The Kier molecular flexibility index (Phi) is 5.08. The second-order valence-corrected chi connectivity index (χ2v) is 7.33. The normalized spacial score (nSPS) is 25.8. The lowest BCUT2D eigenvalue weighted by atomic mass is 9.95. The monoisotopic (exact) mass is 252 g/mol. The van der Waals surface area contributed by atoms with Crippen LogP contribution in [0.4, 0.5) is 0 Å². The molecule has 2 aliphatic rings. The predicted octanol–water partition coefficient (Wildman–Crippen LogP) is 3.27. The molecule has 1 heterocycles. The summed E-state index contributed by atoms with van der Waals surface area (Å²) >= 11 is 0. The average molecular weight is 252 g/mol. The maximum absolute atomic E-state index is 3.95. The number of likely N-dealkylation sites (tertiary alicyclic amines) is 1. The molecule has 1 unspecified atom stereocenters. The molecule has 2 fully saturated rings. The zero-order chi connectivity index (χ0) is 13.1. The van der Waals surface area contributed by atoms with Crippen molar-refractivity contribution in [2.75, 3.05) is 13.1 Å². The molecular weight excluding hydrogens is 220 g/mol. The molecule has 0 radical (unpaired) electrons. The highest BCUT2D eigenvalue weighted by atomic mass is 15.2. The van der Waals surface area contributed by atoms with E-state index in [1.54, 1.807) is 0 Å². The Labute approximate surface area is 114 Å². The molecule has 106 valence electrons. The summed E-state index contributed by atoms with van der Waals surface area (Å²) in [5, 5.41) is 3.95. The quantitative estimate of drug-likeness (QED) is 0.748. The lowest BCUT2D eigenvalue weighted by Crippen LogP contribution is -2.41. The summed E-state index contributed by atoms with van der Waals surface area (Å²) < 4.78 is 0. The molecule has 0 amide bonds. The Balaban J connectivity index is 1.76. The van der Waals surface area contributed by atoms with Gasteiger partial charge in [-0.2, -0.15) is 0 Å². The molecule has 0 aromatic rings. The minimum absolute atomic E-state index is 0.731. The predicted molar refractivity (Wildman–Crippen MR) is 78.8 cm³/mol. The molecule has 2 heteroatoms. The summed E-state index contributed by atoms with van der Waals surface area (Å²) in [5.74, 6) is 1.62. The van der Waals surface area contributed by atoms with Crippen molar-refractivity contribution in [2.24, 2.45) is 11.8 Å². The van der Waals surface area contributed by atoms with Crippen LogP contribution in [0.5, 0.6) is 0 Å². The van der Waals surface area contributed by atoms with Crippen LogP contribution >= 0.6 is 0 Å². The first-order valence-electron chi connectivity index (χ1n) is 8.04. The van der Waals surface area contributed by atoms with Crippen molar-refractivity contribution in [1.82, 2.24) is 10.2 Å². The van der Waals surface area contributed by atoms with Gasteiger partial charge in [-0.1, -0.05) is 27.7 Å². The van der Waals surface area contributed by atoms with Crippen LogP contribution in [-0.4, -0.2) is 36.1 Å². The number of nitrogens with one attached hydrogen (secondary N) is 1. The molecule has 1 saturated heterocycles. The molecule has 1 aliphatic heterocycles. The molecule has 1 aliphatic carbocycles. The van der Waals surface area contributed by atoms with Gasteiger partial charge < -0.3 is 5.32 Å². The van der Waals surface area contributed by atoms with Crippen molar-refractivity contribution in [1.29, 1.82) is 0 Å². The molecule has 2 rings (SSSR count). The number of rotatable bonds is 7. The molecule has 0 aromatic carbocycles. The van der Waals surface area contributed by atoms with E-state index in [0.717, 1.165) is 30.0 Å². The standard InChI is InChI=1S/C16H32N2/c1-12(2)9-15(10-13(3)4)17-14-7-8-18(11-14)16-5-6-16/h12-17H,5-11H2,1-4H3. The number of hydrogen-bond acceptors (Lipinski definition) is 2. The van der Waals surface area contributed by atoms with Crippen molar-refractivity contribution in [2.45, 2.75) is 77.9 Å². The highest BCUT2D eigenvalue weighted by Crippen LogP contribution is 2.30. The van der Waals surface area contributed by atoms with Gasteiger partial charge in [-0.05, 0) is 43.9 Å². The minimum Gasteiger partial charge on any atom is -0.310 e. The Morgan fingerprint density at radius 3 is 2.11 bits per heavy atom. The van der Waals surface area contributed by atoms with Crippen LogP contribution in [0.25, 0.3) is 0 Å². The van der Waals surface area contributed by atoms with Gasteiger partial charge in [0, 0.05) is 31.2 Å². The van der Waals surface area contributed by atoms with Gasteiger partial charge in [0.1, 0.15) is 0 Å². The second kappa shape index (κ2) is 6.38. The number of hydrogen-bond donors (Lipinski definition) is 1. The van der Waals surface area contributed by atoms with Crippen LogP contribution in [0.15, 0.2) is 0 Å². The summed E-state index contributed by atoms with van der Waals surface area (Å²) in [6.07, 6.45) is 6.93. The van der Waals surface area contributed by atoms with Crippen molar-refractivity contribution in [3.8, 4) is 0 Å². The maximum atomic E-state index is 3.95. The Bertz CT molecular complexity index is 235. The number of nitrogens with zero attached hydrogens (tertiary/aromatic N) is 1. The fourth-order valence-electron chi connectivity index (χ4n) is 3.40. The van der Waals surface area contributed by atoms with Crippen LogP contribution in [-0.2, 0) is 0 Å². The molecule has 0 aromatic heterocycles. The van der Waals surface area contributed by atoms with Crippen molar-refractivity contribution < 1.29 is 0 Å². The van der Waals surface area contributed by atoms with Gasteiger partial charge in [0.15, 0.2) is 0 Å². The van der Waals surface area contributed by atoms with E-state index < -0.39 is 0 Å². The zero-order valence-electron chi connectivity index (χ0n) is 12.8. The lowest BCUT2D eigenvalue weighted by molar-refractivity contribution is 0.293. The third-order valence-corrected chi connectivity index (χ3v) is 4.27. The molecule has 1 N–H and O–H groups in total. The van der Waals surface area contributed by atoms with Gasteiger partial charge >= 0.3 is 0 Å². The van der Waals surface area contributed by atoms with Gasteiger partial charge in [-0.15, -0.1) is 0 Å². The van der Waals surface area contributed by atoms with E-state index in [1.165, 1.54) is 45.2 Å². The smallest absolute Gasteiger partial charge is 0.0209 e. The van der Waals surface area contributed by atoms with Gasteiger partial charge in [0.25, 0.3) is 0 Å². The van der Waals surface area contributed by atoms with E-state index in [0.29, 0.717) is 0 Å². The lowest BCUT2D eigenvalue weighted by Gasteiger charge is -2.26. The van der Waals surface area contributed by atoms with Crippen LogP contribution in [0.2, 0.25) is 0 Å². The van der Waals surface area contributed by atoms with Crippen LogP contribution in [0, 0.1) is 11.8 Å². The van der Waals surface area contributed by atoms with E-state index in [-0.39, 0.29) is 0 Å².